The standard InChI is InChI=1S/C15H18N4O4/c20-7-6-16-14(21)10-19-9-13(8-17-19)18-15(22)23-11-12-4-2-1-3-5-12/h1-5,8-9,20H,6-7,10-11H2,(H,16,21)(H,18,22). The fourth-order valence-corrected chi connectivity index (χ4v) is 1.79. The molecule has 1 heterocycles. The molecule has 3 N–H and O–H groups in total. The Balaban J connectivity index is 1.77. The van der Waals surface area contributed by atoms with Crippen molar-refractivity contribution in [2.45, 2.75) is 13.2 Å². The molecule has 0 aliphatic rings. The molecule has 0 atom stereocenters. The molecule has 8 heteroatoms. The van der Waals surface area contributed by atoms with Crippen LogP contribution in [0.2, 0.25) is 0 Å². The molecule has 0 aliphatic heterocycles. The highest BCUT2D eigenvalue weighted by atomic mass is 16.5. The molecule has 0 aliphatic carbocycles. The Kier molecular flexibility index (Phi) is 6.13. The number of aliphatic hydroxyl groups excluding tert-OH is 1. The van der Waals surface area contributed by atoms with Gasteiger partial charge in [-0.15, -0.1) is 0 Å². The highest BCUT2D eigenvalue weighted by Crippen LogP contribution is 2.07. The quantitative estimate of drug-likeness (QED) is 0.698. The van der Waals surface area contributed by atoms with Crippen molar-refractivity contribution in [3.05, 3.63) is 48.3 Å². The maximum Gasteiger partial charge on any atom is 0.412 e. The molecular weight excluding hydrogens is 300 g/mol. The minimum absolute atomic E-state index is 0.000737. The summed E-state index contributed by atoms with van der Waals surface area (Å²) in [6.45, 7) is 0.243. The van der Waals surface area contributed by atoms with Gasteiger partial charge in [-0.05, 0) is 5.56 Å². The van der Waals surface area contributed by atoms with Gasteiger partial charge in [0, 0.05) is 12.7 Å². The lowest BCUT2D eigenvalue weighted by Crippen LogP contribution is -2.30. The van der Waals surface area contributed by atoms with Crippen LogP contribution in [-0.2, 0) is 22.7 Å². The van der Waals surface area contributed by atoms with Gasteiger partial charge in [0.1, 0.15) is 13.2 Å². The van der Waals surface area contributed by atoms with Crippen LogP contribution < -0.4 is 10.6 Å². The molecule has 0 fully saturated rings. The summed E-state index contributed by atoms with van der Waals surface area (Å²) in [6.07, 6.45) is 2.34. The van der Waals surface area contributed by atoms with Gasteiger partial charge >= 0.3 is 6.09 Å². The number of amides is 2. The predicted molar refractivity (Wildman–Crippen MR) is 82.6 cm³/mol. The first-order chi connectivity index (χ1) is 11.2. The van der Waals surface area contributed by atoms with Gasteiger partial charge in [-0.3, -0.25) is 14.8 Å². The number of aliphatic hydroxyl groups is 1. The Morgan fingerprint density at radius 1 is 1.26 bits per heavy atom. The van der Waals surface area contributed by atoms with E-state index in [-0.39, 0.29) is 32.2 Å². The number of rotatable bonds is 7. The fourth-order valence-electron chi connectivity index (χ4n) is 1.79. The Hall–Kier alpha value is -2.87. The van der Waals surface area contributed by atoms with Crippen LogP contribution in [0.3, 0.4) is 0 Å². The minimum Gasteiger partial charge on any atom is -0.444 e. The molecule has 2 aromatic rings. The number of anilines is 1. The van der Waals surface area contributed by atoms with Crippen molar-refractivity contribution in [3.63, 3.8) is 0 Å². The molecular formula is C15H18N4O4. The first-order valence-electron chi connectivity index (χ1n) is 7.05. The molecule has 8 nitrogen and oxygen atoms in total. The average Bonchev–Trinajstić information content (AvgIpc) is 2.98. The van der Waals surface area contributed by atoms with Crippen molar-refractivity contribution < 1.29 is 19.4 Å². The average molecular weight is 318 g/mol. The zero-order chi connectivity index (χ0) is 16.5. The molecule has 0 radical (unpaired) electrons. The van der Waals surface area contributed by atoms with E-state index in [0.717, 1.165) is 5.56 Å². The van der Waals surface area contributed by atoms with Crippen molar-refractivity contribution in [1.29, 1.82) is 0 Å². The third kappa shape index (κ3) is 5.79. The van der Waals surface area contributed by atoms with Gasteiger partial charge in [0.15, 0.2) is 0 Å². The van der Waals surface area contributed by atoms with Gasteiger partial charge in [0.05, 0.1) is 18.5 Å². The van der Waals surface area contributed by atoms with Crippen molar-refractivity contribution in [3.8, 4) is 0 Å². The highest BCUT2D eigenvalue weighted by molar-refractivity contribution is 5.84. The molecule has 23 heavy (non-hydrogen) atoms. The smallest absolute Gasteiger partial charge is 0.412 e. The Morgan fingerprint density at radius 2 is 2.04 bits per heavy atom. The van der Waals surface area contributed by atoms with E-state index in [9.17, 15) is 9.59 Å². The number of ether oxygens (including phenoxy) is 1. The fraction of sp³-hybridized carbons (Fsp3) is 0.267. The van der Waals surface area contributed by atoms with Gasteiger partial charge in [-0.1, -0.05) is 30.3 Å². The van der Waals surface area contributed by atoms with E-state index in [4.69, 9.17) is 9.84 Å². The molecule has 122 valence electrons. The second-order valence-corrected chi connectivity index (χ2v) is 4.69. The first kappa shape index (κ1) is 16.5. The van der Waals surface area contributed by atoms with Crippen molar-refractivity contribution in [1.82, 2.24) is 15.1 Å². The lowest BCUT2D eigenvalue weighted by molar-refractivity contribution is -0.122. The number of aromatic nitrogens is 2. The number of hydrogen-bond acceptors (Lipinski definition) is 5. The van der Waals surface area contributed by atoms with Crippen molar-refractivity contribution in [2.24, 2.45) is 0 Å². The van der Waals surface area contributed by atoms with Crippen LogP contribution in [0, 0.1) is 0 Å². The SMILES string of the molecule is O=C(Cn1cc(NC(=O)OCc2ccccc2)cn1)NCCO. The van der Waals surface area contributed by atoms with Crippen LogP contribution in [0.4, 0.5) is 10.5 Å². The topological polar surface area (TPSA) is 105 Å². The van der Waals surface area contributed by atoms with Gasteiger partial charge in [-0.25, -0.2) is 4.79 Å². The van der Waals surface area contributed by atoms with Gasteiger partial charge in [-0.2, -0.15) is 5.10 Å². The number of carbonyl (C=O) groups excluding carboxylic acids is 2. The molecule has 2 amide bonds. The Labute approximate surface area is 133 Å². The van der Waals surface area contributed by atoms with Crippen molar-refractivity contribution in [2.75, 3.05) is 18.5 Å². The third-order valence-corrected chi connectivity index (χ3v) is 2.83. The summed E-state index contributed by atoms with van der Waals surface area (Å²) in [6, 6.07) is 9.33. The lowest BCUT2D eigenvalue weighted by Gasteiger charge is -2.05. The lowest BCUT2D eigenvalue weighted by atomic mass is 10.2. The maximum atomic E-state index is 11.7. The monoisotopic (exact) mass is 318 g/mol. The van der Waals surface area contributed by atoms with Gasteiger partial charge in [0.25, 0.3) is 0 Å². The molecule has 0 saturated heterocycles. The zero-order valence-electron chi connectivity index (χ0n) is 12.4. The summed E-state index contributed by atoms with van der Waals surface area (Å²) in [7, 11) is 0. The molecule has 0 bridgehead atoms. The Morgan fingerprint density at radius 3 is 2.78 bits per heavy atom. The summed E-state index contributed by atoms with van der Waals surface area (Å²) in [5.74, 6) is -0.277. The molecule has 1 aromatic heterocycles. The molecule has 0 unspecified atom stereocenters. The summed E-state index contributed by atoms with van der Waals surface area (Å²) in [5, 5.41) is 17.6. The summed E-state index contributed by atoms with van der Waals surface area (Å²) >= 11 is 0. The largest absolute Gasteiger partial charge is 0.444 e. The van der Waals surface area contributed by atoms with Gasteiger partial charge < -0.3 is 15.2 Å². The van der Waals surface area contributed by atoms with E-state index in [1.165, 1.54) is 17.1 Å². The highest BCUT2D eigenvalue weighted by Gasteiger charge is 2.08. The number of nitrogens with one attached hydrogen (secondary N) is 2. The van der Waals surface area contributed by atoms with Crippen LogP contribution in [0.1, 0.15) is 5.56 Å². The van der Waals surface area contributed by atoms with E-state index in [1.54, 1.807) is 0 Å². The Bertz CT molecular complexity index is 642. The number of carbonyl (C=O) groups is 2. The first-order valence-corrected chi connectivity index (χ1v) is 7.05. The maximum absolute atomic E-state index is 11.7. The van der Waals surface area contributed by atoms with Crippen LogP contribution >= 0.6 is 0 Å². The van der Waals surface area contributed by atoms with Crippen LogP contribution in [0.25, 0.3) is 0 Å². The van der Waals surface area contributed by atoms with E-state index in [2.05, 4.69) is 15.7 Å². The molecule has 2 rings (SSSR count). The summed E-state index contributed by atoms with van der Waals surface area (Å²) in [5.41, 5.74) is 1.32. The van der Waals surface area contributed by atoms with E-state index < -0.39 is 6.09 Å². The molecule has 0 saturated carbocycles. The molecule has 1 aromatic carbocycles. The predicted octanol–water partition coefficient (Wildman–Crippen LogP) is 0.740. The number of benzene rings is 1. The van der Waals surface area contributed by atoms with Gasteiger partial charge in [0.2, 0.25) is 5.91 Å². The summed E-state index contributed by atoms with van der Waals surface area (Å²) < 4.78 is 6.46. The van der Waals surface area contributed by atoms with Crippen LogP contribution in [-0.4, -0.2) is 40.0 Å². The van der Waals surface area contributed by atoms with E-state index >= 15 is 0 Å². The zero-order valence-corrected chi connectivity index (χ0v) is 12.4. The summed E-state index contributed by atoms with van der Waals surface area (Å²) in [4.78, 5) is 23.1. The second kappa shape index (κ2) is 8.54. The van der Waals surface area contributed by atoms with Crippen LogP contribution in [0.15, 0.2) is 42.7 Å². The minimum atomic E-state index is -0.599. The second-order valence-electron chi connectivity index (χ2n) is 4.69. The van der Waals surface area contributed by atoms with Crippen molar-refractivity contribution >= 4 is 17.7 Å². The number of nitrogens with zero attached hydrogens (tertiary/aromatic N) is 2. The normalized spacial score (nSPS) is 10.1. The molecule has 0 spiro atoms. The van der Waals surface area contributed by atoms with Crippen LogP contribution in [0.5, 0.6) is 0 Å². The number of hydrogen-bond donors (Lipinski definition) is 3. The van der Waals surface area contributed by atoms with E-state index in [0.29, 0.717) is 5.69 Å². The van der Waals surface area contributed by atoms with E-state index in [1.807, 2.05) is 30.3 Å². The third-order valence-electron chi connectivity index (χ3n) is 2.83.